The van der Waals surface area contributed by atoms with Crippen LogP contribution in [0.1, 0.15) is 45.1 Å². The molecule has 1 aromatic carbocycles. The second-order valence-electron chi connectivity index (χ2n) is 4.03. The molecule has 0 heterocycles. The van der Waals surface area contributed by atoms with Crippen molar-refractivity contribution in [3.05, 3.63) is 27.3 Å². The summed E-state index contributed by atoms with van der Waals surface area (Å²) in [5, 5.41) is 0. The predicted octanol–water partition coefficient (Wildman–Crippen LogP) is 4.81. The molecule has 0 saturated heterocycles. The Hall–Kier alpha value is -0.250. The zero-order valence-electron chi connectivity index (χ0n) is 10.3. The molecule has 0 saturated carbocycles. The molecule has 0 radical (unpaired) electrons. The number of benzene rings is 1. The van der Waals surface area contributed by atoms with Crippen LogP contribution < -0.4 is 4.74 Å². The maximum atomic E-state index is 5.82. The molecule has 1 rings (SSSR count). The van der Waals surface area contributed by atoms with Gasteiger partial charge in [-0.15, -0.1) is 0 Å². The van der Waals surface area contributed by atoms with E-state index in [-0.39, 0.29) is 0 Å². The fourth-order valence-electron chi connectivity index (χ4n) is 1.59. The molecule has 1 nitrogen and oxygen atoms in total. The lowest BCUT2D eigenvalue weighted by Crippen LogP contribution is -1.99. The lowest BCUT2D eigenvalue weighted by molar-refractivity contribution is 0.303. The van der Waals surface area contributed by atoms with E-state index in [4.69, 9.17) is 4.74 Å². The van der Waals surface area contributed by atoms with E-state index in [0.29, 0.717) is 0 Å². The van der Waals surface area contributed by atoms with Gasteiger partial charge in [0.1, 0.15) is 5.75 Å². The number of hydrogen-bond donors (Lipinski definition) is 0. The molecule has 0 N–H and O–H groups in total. The van der Waals surface area contributed by atoms with E-state index in [1.165, 1.54) is 34.8 Å². The van der Waals surface area contributed by atoms with Crippen molar-refractivity contribution in [3.8, 4) is 5.75 Å². The summed E-state index contributed by atoms with van der Waals surface area (Å²) in [5.41, 5.74) is 1.35. The predicted molar refractivity (Wildman–Crippen MR) is 78.2 cm³/mol. The van der Waals surface area contributed by atoms with E-state index in [1.807, 2.05) is 0 Å². The second kappa shape index (κ2) is 7.93. The van der Waals surface area contributed by atoms with Gasteiger partial charge in [-0.3, -0.25) is 0 Å². The average Bonchev–Trinajstić information content (AvgIpc) is 2.31. The molecular formula is C14H21IO. The average molecular weight is 332 g/mol. The fourth-order valence-corrected chi connectivity index (χ4v) is 2.08. The minimum Gasteiger partial charge on any atom is -0.492 e. The monoisotopic (exact) mass is 332 g/mol. The van der Waals surface area contributed by atoms with Crippen LogP contribution in [0.4, 0.5) is 0 Å². The second-order valence-corrected chi connectivity index (χ2v) is 5.19. The summed E-state index contributed by atoms with van der Waals surface area (Å²) in [6.07, 6.45) is 6.11. The lowest BCUT2D eigenvalue weighted by Gasteiger charge is -2.09. The SMILES string of the molecule is CCCCCCOc1cc(CC)ccc1I. The number of rotatable bonds is 7. The Morgan fingerprint density at radius 3 is 2.62 bits per heavy atom. The molecule has 0 aliphatic rings. The Morgan fingerprint density at radius 2 is 1.94 bits per heavy atom. The van der Waals surface area contributed by atoms with Gasteiger partial charge in [-0.25, -0.2) is 0 Å². The first-order valence-electron chi connectivity index (χ1n) is 6.19. The first-order valence-corrected chi connectivity index (χ1v) is 7.27. The van der Waals surface area contributed by atoms with Crippen LogP contribution >= 0.6 is 22.6 Å². The Kier molecular flexibility index (Phi) is 6.85. The molecule has 1 aromatic rings. The van der Waals surface area contributed by atoms with Crippen molar-refractivity contribution >= 4 is 22.6 Å². The van der Waals surface area contributed by atoms with Gasteiger partial charge in [0, 0.05) is 0 Å². The van der Waals surface area contributed by atoms with Gasteiger partial charge in [0.15, 0.2) is 0 Å². The summed E-state index contributed by atoms with van der Waals surface area (Å²) >= 11 is 2.34. The molecule has 0 unspecified atom stereocenters. The van der Waals surface area contributed by atoms with E-state index < -0.39 is 0 Å². The Balaban J connectivity index is 2.40. The molecule has 0 aliphatic carbocycles. The highest BCUT2D eigenvalue weighted by molar-refractivity contribution is 14.1. The third kappa shape index (κ3) is 4.73. The van der Waals surface area contributed by atoms with E-state index in [1.54, 1.807) is 0 Å². The van der Waals surface area contributed by atoms with Crippen molar-refractivity contribution in [3.63, 3.8) is 0 Å². The first kappa shape index (κ1) is 13.8. The summed E-state index contributed by atoms with van der Waals surface area (Å²) in [5.74, 6) is 1.05. The Bertz CT molecular complexity index is 310. The van der Waals surface area contributed by atoms with Gasteiger partial charge < -0.3 is 4.74 Å². The van der Waals surface area contributed by atoms with Crippen LogP contribution in [0.2, 0.25) is 0 Å². The van der Waals surface area contributed by atoms with Crippen LogP contribution in [0, 0.1) is 3.57 Å². The quantitative estimate of drug-likeness (QED) is 0.514. The summed E-state index contributed by atoms with van der Waals surface area (Å²) in [4.78, 5) is 0. The van der Waals surface area contributed by atoms with E-state index in [2.05, 4.69) is 54.6 Å². The molecule has 0 atom stereocenters. The normalized spacial score (nSPS) is 10.4. The van der Waals surface area contributed by atoms with Gasteiger partial charge >= 0.3 is 0 Å². The van der Waals surface area contributed by atoms with Gasteiger partial charge in [0.2, 0.25) is 0 Å². The molecule has 0 fully saturated rings. The zero-order chi connectivity index (χ0) is 11.8. The van der Waals surface area contributed by atoms with Gasteiger partial charge in [-0.05, 0) is 53.1 Å². The molecule has 90 valence electrons. The van der Waals surface area contributed by atoms with Crippen LogP contribution in [0.5, 0.6) is 5.75 Å². The molecule has 0 aliphatic heterocycles. The van der Waals surface area contributed by atoms with Crippen LogP contribution in [0.15, 0.2) is 18.2 Å². The number of halogens is 1. The van der Waals surface area contributed by atoms with Crippen LogP contribution in [-0.4, -0.2) is 6.61 Å². The fraction of sp³-hybridized carbons (Fsp3) is 0.571. The zero-order valence-corrected chi connectivity index (χ0v) is 12.4. The summed E-state index contributed by atoms with van der Waals surface area (Å²) in [6, 6.07) is 6.48. The Labute approximate surface area is 113 Å². The summed E-state index contributed by atoms with van der Waals surface area (Å²) in [6.45, 7) is 5.25. The standard InChI is InChI=1S/C14H21IO/c1-3-5-6-7-10-16-14-11-12(4-2)8-9-13(14)15/h8-9,11H,3-7,10H2,1-2H3. The maximum absolute atomic E-state index is 5.82. The molecule has 16 heavy (non-hydrogen) atoms. The number of hydrogen-bond acceptors (Lipinski definition) is 1. The molecule has 2 heteroatoms. The molecule has 0 amide bonds. The highest BCUT2D eigenvalue weighted by Crippen LogP contribution is 2.22. The lowest BCUT2D eigenvalue weighted by atomic mass is 10.2. The van der Waals surface area contributed by atoms with E-state index >= 15 is 0 Å². The maximum Gasteiger partial charge on any atom is 0.132 e. The highest BCUT2D eigenvalue weighted by atomic mass is 127. The van der Waals surface area contributed by atoms with E-state index in [0.717, 1.165) is 18.8 Å². The number of aryl methyl sites for hydroxylation is 1. The topological polar surface area (TPSA) is 9.23 Å². The van der Waals surface area contributed by atoms with Gasteiger partial charge in [0.05, 0.1) is 10.2 Å². The van der Waals surface area contributed by atoms with Crippen LogP contribution in [0.25, 0.3) is 0 Å². The molecule has 0 bridgehead atoms. The van der Waals surface area contributed by atoms with Crippen molar-refractivity contribution in [2.45, 2.75) is 46.0 Å². The molecule has 0 aromatic heterocycles. The number of unbranched alkanes of at least 4 members (excludes halogenated alkanes) is 3. The van der Waals surface area contributed by atoms with Crippen molar-refractivity contribution in [2.24, 2.45) is 0 Å². The van der Waals surface area contributed by atoms with Gasteiger partial charge in [-0.1, -0.05) is 39.2 Å². The highest BCUT2D eigenvalue weighted by Gasteiger charge is 2.01. The minimum atomic E-state index is 0.850. The Morgan fingerprint density at radius 1 is 1.12 bits per heavy atom. The van der Waals surface area contributed by atoms with Crippen molar-refractivity contribution in [2.75, 3.05) is 6.61 Å². The van der Waals surface area contributed by atoms with Gasteiger partial charge in [0.25, 0.3) is 0 Å². The van der Waals surface area contributed by atoms with Crippen LogP contribution in [0.3, 0.4) is 0 Å². The van der Waals surface area contributed by atoms with Crippen molar-refractivity contribution in [1.29, 1.82) is 0 Å². The van der Waals surface area contributed by atoms with E-state index in [9.17, 15) is 0 Å². The summed E-state index contributed by atoms with van der Waals surface area (Å²) < 4.78 is 7.03. The largest absolute Gasteiger partial charge is 0.492 e. The van der Waals surface area contributed by atoms with Gasteiger partial charge in [-0.2, -0.15) is 0 Å². The summed E-state index contributed by atoms with van der Waals surface area (Å²) in [7, 11) is 0. The molecular weight excluding hydrogens is 311 g/mol. The molecule has 0 spiro atoms. The number of ether oxygens (including phenoxy) is 1. The third-order valence-corrected chi connectivity index (χ3v) is 3.55. The first-order chi connectivity index (χ1) is 7.77. The van der Waals surface area contributed by atoms with Crippen LogP contribution in [-0.2, 0) is 6.42 Å². The smallest absolute Gasteiger partial charge is 0.132 e. The third-order valence-electron chi connectivity index (χ3n) is 2.66. The minimum absolute atomic E-state index is 0.850. The van der Waals surface area contributed by atoms with Crippen molar-refractivity contribution < 1.29 is 4.74 Å². The van der Waals surface area contributed by atoms with Crippen molar-refractivity contribution in [1.82, 2.24) is 0 Å².